The number of amides is 1. The van der Waals surface area contributed by atoms with Crippen molar-refractivity contribution in [2.75, 3.05) is 13.7 Å². The fraction of sp³-hybridized carbons (Fsp3) is 0.333. The normalized spacial score (nSPS) is 12.6. The third-order valence-electron chi connectivity index (χ3n) is 2.03. The van der Waals surface area contributed by atoms with E-state index >= 15 is 0 Å². The Bertz CT molecular complexity index is 453. The van der Waals surface area contributed by atoms with Gasteiger partial charge in [-0.25, -0.2) is 4.79 Å². The molecule has 0 spiro atoms. The first-order valence-electron chi connectivity index (χ1n) is 5.33. The summed E-state index contributed by atoms with van der Waals surface area (Å²) in [4.78, 5) is 23.4. The molecule has 0 aliphatic heterocycles. The molecule has 0 saturated heterocycles. The Kier molecular flexibility index (Phi) is 5.54. The van der Waals surface area contributed by atoms with Crippen molar-refractivity contribution < 1.29 is 19.4 Å². The van der Waals surface area contributed by atoms with Crippen molar-refractivity contribution in [1.29, 1.82) is 0 Å². The molecule has 0 aliphatic rings. The number of carbonyl (C=O) groups is 2. The Morgan fingerprint density at radius 2 is 2.28 bits per heavy atom. The molecule has 1 amide bonds. The number of thiophene rings is 1. The molecule has 6 heteroatoms. The molecule has 5 nitrogen and oxygen atoms in total. The van der Waals surface area contributed by atoms with Gasteiger partial charge in [-0.15, -0.1) is 11.3 Å². The van der Waals surface area contributed by atoms with Gasteiger partial charge in [0, 0.05) is 24.1 Å². The van der Waals surface area contributed by atoms with E-state index in [1.165, 1.54) is 17.4 Å². The Labute approximate surface area is 109 Å². The van der Waals surface area contributed by atoms with Gasteiger partial charge in [-0.2, -0.15) is 0 Å². The van der Waals surface area contributed by atoms with Crippen molar-refractivity contribution in [2.45, 2.75) is 13.0 Å². The number of carbonyl (C=O) groups excluding carboxylic acids is 1. The first-order chi connectivity index (χ1) is 8.52. The maximum atomic E-state index is 11.8. The zero-order valence-electron chi connectivity index (χ0n) is 10.2. The van der Waals surface area contributed by atoms with Crippen LogP contribution in [0, 0.1) is 0 Å². The monoisotopic (exact) mass is 269 g/mol. The van der Waals surface area contributed by atoms with E-state index < -0.39 is 5.97 Å². The number of aliphatic carboxylic acids is 1. The van der Waals surface area contributed by atoms with Crippen LogP contribution in [0.4, 0.5) is 0 Å². The van der Waals surface area contributed by atoms with Gasteiger partial charge in [0.25, 0.3) is 5.91 Å². The van der Waals surface area contributed by atoms with E-state index in [4.69, 9.17) is 9.84 Å². The topological polar surface area (TPSA) is 75.6 Å². The summed E-state index contributed by atoms with van der Waals surface area (Å²) in [5.74, 6) is -1.19. The highest BCUT2D eigenvalue weighted by atomic mass is 32.1. The molecule has 0 fully saturated rings. The first-order valence-corrected chi connectivity index (χ1v) is 6.15. The smallest absolute Gasteiger partial charge is 0.328 e. The predicted molar refractivity (Wildman–Crippen MR) is 69.8 cm³/mol. The summed E-state index contributed by atoms with van der Waals surface area (Å²) in [6.07, 6.45) is 2.50. The lowest BCUT2D eigenvalue weighted by molar-refractivity contribution is -0.131. The van der Waals surface area contributed by atoms with Crippen LogP contribution >= 0.6 is 11.3 Å². The van der Waals surface area contributed by atoms with Gasteiger partial charge < -0.3 is 15.2 Å². The predicted octanol–water partition coefficient (Wildman–Crippen LogP) is 1.61. The number of methoxy groups -OCH3 is 1. The standard InChI is InChI=1S/C12H15NO4S/c1-8(7-17-2)13-12(16)10-5-3-9(18-10)4-6-11(14)15/h3-6,8H,7H2,1-2H3,(H,13,16)(H,14,15)/b6-4+. The van der Waals surface area contributed by atoms with Crippen molar-refractivity contribution in [3.63, 3.8) is 0 Å². The van der Waals surface area contributed by atoms with Gasteiger partial charge in [0.1, 0.15) is 0 Å². The number of ether oxygens (including phenoxy) is 1. The molecule has 1 aromatic rings. The minimum atomic E-state index is -1.01. The molecule has 0 saturated carbocycles. The average molecular weight is 269 g/mol. The molecular weight excluding hydrogens is 254 g/mol. The third kappa shape index (κ3) is 4.68. The molecule has 98 valence electrons. The second-order valence-electron chi connectivity index (χ2n) is 3.70. The number of hydrogen-bond acceptors (Lipinski definition) is 4. The van der Waals surface area contributed by atoms with Crippen LogP contribution in [0.1, 0.15) is 21.5 Å². The van der Waals surface area contributed by atoms with Crippen LogP contribution in [0.25, 0.3) is 6.08 Å². The van der Waals surface area contributed by atoms with Crippen LogP contribution < -0.4 is 5.32 Å². The minimum Gasteiger partial charge on any atom is -0.478 e. The molecule has 0 bridgehead atoms. The van der Waals surface area contributed by atoms with Gasteiger partial charge in [-0.3, -0.25) is 4.79 Å². The van der Waals surface area contributed by atoms with Crippen LogP contribution in [0.2, 0.25) is 0 Å². The van der Waals surface area contributed by atoms with Crippen molar-refractivity contribution in [3.8, 4) is 0 Å². The van der Waals surface area contributed by atoms with Gasteiger partial charge in [0.15, 0.2) is 0 Å². The molecule has 1 rings (SSSR count). The fourth-order valence-electron chi connectivity index (χ4n) is 1.30. The largest absolute Gasteiger partial charge is 0.478 e. The van der Waals surface area contributed by atoms with E-state index in [9.17, 15) is 9.59 Å². The molecule has 0 aliphatic carbocycles. The van der Waals surface area contributed by atoms with E-state index in [0.29, 0.717) is 11.5 Å². The maximum Gasteiger partial charge on any atom is 0.328 e. The number of nitrogens with one attached hydrogen (secondary N) is 1. The maximum absolute atomic E-state index is 11.8. The number of hydrogen-bond donors (Lipinski definition) is 2. The number of rotatable bonds is 6. The lowest BCUT2D eigenvalue weighted by Crippen LogP contribution is -2.35. The molecule has 1 atom stereocenters. The Morgan fingerprint density at radius 3 is 2.89 bits per heavy atom. The molecule has 0 radical (unpaired) electrons. The third-order valence-corrected chi connectivity index (χ3v) is 3.08. The van der Waals surface area contributed by atoms with Crippen LogP contribution in [-0.2, 0) is 9.53 Å². The lowest BCUT2D eigenvalue weighted by atomic mass is 10.3. The van der Waals surface area contributed by atoms with E-state index in [-0.39, 0.29) is 11.9 Å². The van der Waals surface area contributed by atoms with E-state index in [0.717, 1.165) is 11.0 Å². The first kappa shape index (κ1) is 14.4. The van der Waals surface area contributed by atoms with Crippen molar-refractivity contribution in [3.05, 3.63) is 28.0 Å². The number of carboxylic acids is 1. The minimum absolute atomic E-state index is 0.0670. The quantitative estimate of drug-likeness (QED) is 0.769. The summed E-state index contributed by atoms with van der Waals surface area (Å²) < 4.78 is 4.92. The molecule has 2 N–H and O–H groups in total. The highest BCUT2D eigenvalue weighted by molar-refractivity contribution is 7.14. The molecule has 1 unspecified atom stereocenters. The van der Waals surface area contributed by atoms with Crippen LogP contribution in [0.15, 0.2) is 18.2 Å². The summed E-state index contributed by atoms with van der Waals surface area (Å²) >= 11 is 1.24. The van der Waals surface area contributed by atoms with E-state index in [1.807, 2.05) is 6.92 Å². The highest BCUT2D eigenvalue weighted by Crippen LogP contribution is 2.17. The Morgan fingerprint density at radius 1 is 1.56 bits per heavy atom. The SMILES string of the molecule is COCC(C)NC(=O)c1ccc(/C=C/C(=O)O)s1. The molecule has 1 aromatic heterocycles. The summed E-state index contributed by atoms with van der Waals surface area (Å²) in [5.41, 5.74) is 0. The lowest BCUT2D eigenvalue weighted by Gasteiger charge is -2.11. The summed E-state index contributed by atoms with van der Waals surface area (Å²) in [7, 11) is 1.57. The zero-order valence-corrected chi connectivity index (χ0v) is 11.0. The van der Waals surface area contributed by atoms with Crippen LogP contribution in [0.3, 0.4) is 0 Å². The van der Waals surface area contributed by atoms with Crippen LogP contribution in [0.5, 0.6) is 0 Å². The van der Waals surface area contributed by atoms with Crippen LogP contribution in [-0.4, -0.2) is 36.7 Å². The Hall–Kier alpha value is -1.66. The van der Waals surface area contributed by atoms with E-state index in [1.54, 1.807) is 19.2 Å². The van der Waals surface area contributed by atoms with Gasteiger partial charge in [0.2, 0.25) is 0 Å². The van der Waals surface area contributed by atoms with Gasteiger partial charge in [-0.1, -0.05) is 0 Å². The summed E-state index contributed by atoms with van der Waals surface area (Å²) in [6.45, 7) is 2.29. The fourth-order valence-corrected chi connectivity index (χ4v) is 2.12. The average Bonchev–Trinajstić information content (AvgIpc) is 2.75. The molecular formula is C12H15NO4S. The van der Waals surface area contributed by atoms with E-state index in [2.05, 4.69) is 5.32 Å². The van der Waals surface area contributed by atoms with Crippen molar-refractivity contribution in [1.82, 2.24) is 5.32 Å². The zero-order chi connectivity index (χ0) is 13.5. The molecule has 1 heterocycles. The van der Waals surface area contributed by atoms with Gasteiger partial charge >= 0.3 is 5.97 Å². The molecule has 18 heavy (non-hydrogen) atoms. The van der Waals surface area contributed by atoms with Gasteiger partial charge in [0.05, 0.1) is 11.5 Å². The highest BCUT2D eigenvalue weighted by Gasteiger charge is 2.11. The second kappa shape index (κ2) is 6.93. The second-order valence-corrected chi connectivity index (χ2v) is 4.82. The summed E-state index contributed by atoms with van der Waals surface area (Å²) in [5, 5.41) is 11.3. The van der Waals surface area contributed by atoms with Crippen molar-refractivity contribution >= 4 is 29.3 Å². The molecule has 0 aromatic carbocycles. The van der Waals surface area contributed by atoms with Crippen molar-refractivity contribution in [2.24, 2.45) is 0 Å². The Balaban J connectivity index is 2.62. The van der Waals surface area contributed by atoms with Gasteiger partial charge in [-0.05, 0) is 25.1 Å². The number of carboxylic acid groups (broad SMARTS) is 1. The summed E-state index contributed by atoms with van der Waals surface area (Å²) in [6, 6.07) is 3.31.